The molecule has 0 atom stereocenters. The van der Waals surface area contributed by atoms with Crippen molar-refractivity contribution in [1.82, 2.24) is 4.98 Å². The van der Waals surface area contributed by atoms with Gasteiger partial charge in [0.2, 0.25) is 0 Å². The summed E-state index contributed by atoms with van der Waals surface area (Å²) in [6.45, 7) is 0. The maximum Gasteiger partial charge on any atom is 0.260 e. The standard InChI is InChI=1S/C25H17ClFNO3/c1-31-18-10-7-15(20(27)14-18)8-12-22(29)24-23(16-5-3-2-4-6-16)19-13-17(26)9-11-21(19)28-25(24)30/h2-14H,1H3,(H,28,30). The highest BCUT2D eigenvalue weighted by molar-refractivity contribution is 6.31. The highest BCUT2D eigenvalue weighted by atomic mass is 35.5. The largest absolute Gasteiger partial charge is 0.497 e. The van der Waals surface area contributed by atoms with Crippen molar-refractivity contribution in [3.8, 4) is 16.9 Å². The summed E-state index contributed by atoms with van der Waals surface area (Å²) >= 11 is 6.19. The third kappa shape index (κ3) is 4.13. The molecule has 0 aliphatic heterocycles. The number of nitrogens with one attached hydrogen (secondary N) is 1. The number of fused-ring (bicyclic) bond motifs is 1. The van der Waals surface area contributed by atoms with Crippen LogP contribution in [0, 0.1) is 5.82 Å². The van der Waals surface area contributed by atoms with Gasteiger partial charge in [0.15, 0.2) is 5.78 Å². The third-order valence-corrected chi connectivity index (χ3v) is 5.14. The van der Waals surface area contributed by atoms with Gasteiger partial charge in [-0.3, -0.25) is 9.59 Å². The molecule has 0 aliphatic rings. The number of rotatable bonds is 5. The number of benzene rings is 3. The van der Waals surface area contributed by atoms with Crippen molar-refractivity contribution in [3.63, 3.8) is 0 Å². The van der Waals surface area contributed by atoms with Crippen LogP contribution in [0.15, 0.2) is 77.6 Å². The highest BCUT2D eigenvalue weighted by Crippen LogP contribution is 2.31. The smallest absolute Gasteiger partial charge is 0.260 e. The predicted octanol–water partition coefficient (Wildman–Crippen LogP) is 5.89. The van der Waals surface area contributed by atoms with Crippen molar-refractivity contribution in [2.45, 2.75) is 0 Å². The summed E-state index contributed by atoms with van der Waals surface area (Å²) in [5, 5.41) is 1.12. The first-order valence-electron chi connectivity index (χ1n) is 9.45. The van der Waals surface area contributed by atoms with Crippen molar-refractivity contribution in [1.29, 1.82) is 0 Å². The number of hydrogen-bond acceptors (Lipinski definition) is 3. The lowest BCUT2D eigenvalue weighted by Gasteiger charge is -2.11. The van der Waals surface area contributed by atoms with Gasteiger partial charge in [0.25, 0.3) is 5.56 Å². The average Bonchev–Trinajstić information content (AvgIpc) is 2.78. The van der Waals surface area contributed by atoms with Crippen LogP contribution in [0.4, 0.5) is 4.39 Å². The molecule has 6 heteroatoms. The van der Waals surface area contributed by atoms with E-state index in [2.05, 4.69) is 4.98 Å². The first-order chi connectivity index (χ1) is 15.0. The number of ketones is 1. The summed E-state index contributed by atoms with van der Waals surface area (Å²) in [5.74, 6) is -0.710. The van der Waals surface area contributed by atoms with Gasteiger partial charge >= 0.3 is 0 Å². The summed E-state index contributed by atoms with van der Waals surface area (Å²) in [6.07, 6.45) is 2.53. The van der Waals surface area contributed by atoms with Crippen LogP contribution >= 0.6 is 11.6 Å². The first-order valence-corrected chi connectivity index (χ1v) is 9.82. The minimum absolute atomic E-state index is 0.0360. The van der Waals surface area contributed by atoms with E-state index >= 15 is 0 Å². The van der Waals surface area contributed by atoms with E-state index in [-0.39, 0.29) is 11.1 Å². The van der Waals surface area contributed by atoms with Gasteiger partial charge in [-0.15, -0.1) is 0 Å². The van der Waals surface area contributed by atoms with Gasteiger partial charge in [-0.2, -0.15) is 0 Å². The second-order valence-electron chi connectivity index (χ2n) is 6.85. The molecule has 0 saturated heterocycles. The van der Waals surface area contributed by atoms with Crippen LogP contribution < -0.4 is 10.3 Å². The molecule has 0 fully saturated rings. The molecular formula is C25H17ClFNO3. The molecule has 1 heterocycles. The fraction of sp³-hybridized carbons (Fsp3) is 0.0400. The van der Waals surface area contributed by atoms with Gasteiger partial charge in [-0.1, -0.05) is 41.9 Å². The van der Waals surface area contributed by atoms with E-state index < -0.39 is 17.2 Å². The highest BCUT2D eigenvalue weighted by Gasteiger charge is 2.19. The normalized spacial score (nSPS) is 11.2. The lowest BCUT2D eigenvalue weighted by atomic mass is 9.94. The molecule has 0 amide bonds. The number of carbonyl (C=O) groups is 1. The number of carbonyl (C=O) groups excluding carboxylic acids is 1. The Kier molecular flexibility index (Phi) is 5.69. The third-order valence-electron chi connectivity index (χ3n) is 4.91. The average molecular weight is 434 g/mol. The Hall–Kier alpha value is -3.70. The Bertz CT molecular complexity index is 1380. The van der Waals surface area contributed by atoms with E-state index in [1.165, 1.54) is 31.4 Å². The Balaban J connectivity index is 1.88. The van der Waals surface area contributed by atoms with Crippen molar-refractivity contribution >= 4 is 34.4 Å². The van der Waals surface area contributed by atoms with Crippen molar-refractivity contribution in [3.05, 3.63) is 105 Å². The van der Waals surface area contributed by atoms with E-state index in [1.807, 2.05) is 30.3 Å². The van der Waals surface area contributed by atoms with Crippen LogP contribution in [0.1, 0.15) is 15.9 Å². The van der Waals surface area contributed by atoms with E-state index in [9.17, 15) is 14.0 Å². The maximum absolute atomic E-state index is 14.2. The molecular weight excluding hydrogens is 417 g/mol. The maximum atomic E-state index is 14.2. The Morgan fingerprint density at radius 1 is 1.06 bits per heavy atom. The summed E-state index contributed by atoms with van der Waals surface area (Å²) in [6, 6.07) is 18.5. The molecule has 0 spiro atoms. The molecule has 0 unspecified atom stereocenters. The van der Waals surface area contributed by atoms with Crippen LogP contribution in [0.5, 0.6) is 5.75 Å². The number of H-pyrrole nitrogens is 1. The molecule has 0 saturated carbocycles. The fourth-order valence-corrected chi connectivity index (χ4v) is 3.60. The molecule has 1 aromatic heterocycles. The zero-order valence-corrected chi connectivity index (χ0v) is 17.2. The Morgan fingerprint density at radius 2 is 1.84 bits per heavy atom. The number of methoxy groups -OCH3 is 1. The van der Waals surface area contributed by atoms with Crippen LogP contribution in [0.25, 0.3) is 28.1 Å². The molecule has 3 aromatic carbocycles. The molecule has 4 aromatic rings. The summed E-state index contributed by atoms with van der Waals surface area (Å²) in [5.41, 5.74) is 1.38. The number of halogens is 2. The lowest BCUT2D eigenvalue weighted by Crippen LogP contribution is -2.18. The van der Waals surface area contributed by atoms with Gasteiger partial charge in [-0.05, 0) is 48.0 Å². The second kappa shape index (κ2) is 8.58. The SMILES string of the molecule is COc1ccc(C=CC(=O)c2c(-c3ccccc3)c3cc(Cl)ccc3[nH]c2=O)c(F)c1. The number of hydrogen-bond donors (Lipinski definition) is 1. The number of pyridine rings is 1. The molecule has 4 rings (SSSR count). The predicted molar refractivity (Wildman–Crippen MR) is 121 cm³/mol. The Labute approximate surface area is 182 Å². The minimum Gasteiger partial charge on any atom is -0.497 e. The van der Waals surface area contributed by atoms with Crippen LogP contribution in [-0.4, -0.2) is 17.9 Å². The van der Waals surface area contributed by atoms with E-state index in [4.69, 9.17) is 16.3 Å². The molecule has 31 heavy (non-hydrogen) atoms. The van der Waals surface area contributed by atoms with E-state index in [0.717, 1.165) is 0 Å². The van der Waals surface area contributed by atoms with E-state index in [0.29, 0.717) is 32.8 Å². The number of allylic oxidation sites excluding steroid dienone is 1. The molecule has 0 radical (unpaired) electrons. The van der Waals surface area contributed by atoms with Crippen LogP contribution in [0.3, 0.4) is 0 Å². The zero-order valence-electron chi connectivity index (χ0n) is 16.5. The van der Waals surface area contributed by atoms with Gasteiger partial charge in [-0.25, -0.2) is 4.39 Å². The molecule has 154 valence electrons. The summed E-state index contributed by atoms with van der Waals surface area (Å²) < 4.78 is 19.2. The molecule has 0 bridgehead atoms. The quantitative estimate of drug-likeness (QED) is 0.315. The van der Waals surface area contributed by atoms with Gasteiger partial charge < -0.3 is 9.72 Å². The van der Waals surface area contributed by atoms with Crippen molar-refractivity contribution in [2.75, 3.05) is 7.11 Å². The van der Waals surface area contributed by atoms with Crippen molar-refractivity contribution < 1.29 is 13.9 Å². The first kappa shape index (κ1) is 20.6. The fourth-order valence-electron chi connectivity index (χ4n) is 3.42. The van der Waals surface area contributed by atoms with Crippen molar-refractivity contribution in [2.24, 2.45) is 0 Å². The van der Waals surface area contributed by atoms with Gasteiger partial charge in [0.1, 0.15) is 11.6 Å². The molecule has 0 aliphatic carbocycles. The topological polar surface area (TPSA) is 59.2 Å². The Morgan fingerprint density at radius 3 is 2.55 bits per heavy atom. The number of aromatic nitrogens is 1. The molecule has 1 N–H and O–H groups in total. The van der Waals surface area contributed by atoms with Crippen LogP contribution in [0.2, 0.25) is 5.02 Å². The second-order valence-corrected chi connectivity index (χ2v) is 7.28. The van der Waals surface area contributed by atoms with Crippen LogP contribution in [-0.2, 0) is 0 Å². The van der Waals surface area contributed by atoms with E-state index in [1.54, 1.807) is 24.3 Å². The summed E-state index contributed by atoms with van der Waals surface area (Å²) in [7, 11) is 1.44. The summed E-state index contributed by atoms with van der Waals surface area (Å²) in [4.78, 5) is 28.7. The monoisotopic (exact) mass is 433 g/mol. The number of aromatic amines is 1. The molecule has 4 nitrogen and oxygen atoms in total. The van der Waals surface area contributed by atoms with Gasteiger partial charge in [0, 0.05) is 33.1 Å². The lowest BCUT2D eigenvalue weighted by molar-refractivity contribution is 0.104. The minimum atomic E-state index is -0.544. The van der Waals surface area contributed by atoms with Gasteiger partial charge in [0.05, 0.1) is 12.7 Å². The zero-order chi connectivity index (χ0) is 22.0. The number of ether oxygens (including phenoxy) is 1.